The molecule has 1 amide bonds. The molecular weight excluding hydrogens is 118 g/mol. The molecule has 2 atom stereocenters. The summed E-state index contributed by atoms with van der Waals surface area (Å²) < 4.78 is 5.15. The molecule has 49 valence electrons. The topological polar surface area (TPSA) is 52.3 Å². The Labute approximate surface area is 53.2 Å². The Morgan fingerprint density at radius 3 is 2.89 bits per heavy atom. The van der Waals surface area contributed by atoms with Crippen LogP contribution in [0.15, 0.2) is 0 Å². The summed E-state index contributed by atoms with van der Waals surface area (Å²) in [5, 5.41) is 0. The molecule has 9 heavy (non-hydrogen) atoms. The number of carbonyl (C=O) groups excluding carboxylic acids is 1. The van der Waals surface area contributed by atoms with Crippen LogP contribution in [0.3, 0.4) is 0 Å². The van der Waals surface area contributed by atoms with Crippen LogP contribution in [0.1, 0.15) is 6.42 Å². The second kappa shape index (κ2) is 1.29. The van der Waals surface area contributed by atoms with E-state index in [0.29, 0.717) is 12.5 Å². The molecule has 2 unspecified atom stereocenters. The average molecular weight is 126 g/mol. The largest absolute Gasteiger partial charge is 0.367 e. The van der Waals surface area contributed by atoms with Gasteiger partial charge in [0, 0.05) is 18.9 Å². The van der Waals surface area contributed by atoms with Gasteiger partial charge < -0.3 is 10.5 Å². The minimum Gasteiger partial charge on any atom is -0.367 e. The van der Waals surface area contributed by atoms with Gasteiger partial charge in [-0.25, -0.2) is 0 Å². The molecule has 0 bridgehead atoms. The van der Waals surface area contributed by atoms with Crippen molar-refractivity contribution in [2.24, 2.45) is 11.7 Å². The van der Waals surface area contributed by atoms with Crippen LogP contribution in [-0.2, 0) is 9.53 Å². The zero-order chi connectivity index (χ0) is 6.48. The maximum Gasteiger partial charge on any atom is 0.250 e. The Hall–Kier alpha value is -0.570. The van der Waals surface area contributed by atoms with Crippen molar-refractivity contribution >= 4 is 5.91 Å². The van der Waals surface area contributed by atoms with Gasteiger partial charge in [-0.3, -0.25) is 4.79 Å². The Morgan fingerprint density at radius 2 is 2.67 bits per heavy atom. The van der Waals surface area contributed by atoms with Crippen LogP contribution in [-0.4, -0.2) is 18.1 Å². The first-order chi connectivity index (χ1) is 4.26. The molecule has 1 heterocycles. The molecule has 2 aliphatic rings. The molecule has 2 N–H and O–H groups in total. The van der Waals surface area contributed by atoms with Crippen LogP contribution < -0.4 is 5.73 Å². The fourth-order valence-electron chi connectivity index (χ4n) is 1.39. The summed E-state index contributed by atoms with van der Waals surface area (Å²) in [4.78, 5) is 10.6. The van der Waals surface area contributed by atoms with Gasteiger partial charge in [0.1, 0.15) is 0 Å². The Bertz CT molecular complexity index is 168. The second-order valence-electron chi connectivity index (χ2n) is 2.57. The highest BCUT2D eigenvalue weighted by Crippen LogP contribution is 2.52. The van der Waals surface area contributed by atoms with Crippen LogP contribution >= 0.6 is 0 Å². The van der Waals surface area contributed by atoms with E-state index in [4.69, 9.17) is 10.5 Å². The average Bonchev–Trinajstić information content (AvgIpc) is 2.38. The number of rotatable bonds is 1. The van der Waals surface area contributed by atoms with Crippen molar-refractivity contribution in [1.82, 2.24) is 0 Å². The van der Waals surface area contributed by atoms with Gasteiger partial charge in [0.05, 0.1) is 0 Å². The van der Waals surface area contributed by atoms with E-state index in [1.807, 2.05) is 6.42 Å². The molecule has 0 aromatic carbocycles. The highest BCUT2D eigenvalue weighted by Gasteiger charge is 2.64. The van der Waals surface area contributed by atoms with Crippen molar-refractivity contribution in [3.05, 3.63) is 6.42 Å². The second-order valence-corrected chi connectivity index (χ2v) is 2.57. The number of nitrogens with two attached hydrogens (primary N) is 1. The highest BCUT2D eigenvalue weighted by molar-refractivity contribution is 5.90. The SMILES string of the molecule is NC(=O)C12[CH]C1CCO2. The number of fused-ring (bicyclic) bond motifs is 1. The van der Waals surface area contributed by atoms with Crippen molar-refractivity contribution in [3.63, 3.8) is 0 Å². The molecule has 3 nitrogen and oxygen atoms in total. The minimum absolute atomic E-state index is 0.329. The molecular formula is C6H8NO2. The Morgan fingerprint density at radius 1 is 1.89 bits per heavy atom. The van der Waals surface area contributed by atoms with Gasteiger partial charge in [-0.15, -0.1) is 0 Å². The fraction of sp³-hybridized carbons (Fsp3) is 0.667. The Kier molecular flexibility index (Phi) is 0.750. The third-order valence-electron chi connectivity index (χ3n) is 2.05. The molecule has 0 aromatic rings. The lowest BCUT2D eigenvalue weighted by Crippen LogP contribution is -2.32. The first kappa shape index (κ1) is 5.23. The van der Waals surface area contributed by atoms with E-state index >= 15 is 0 Å². The number of hydrogen-bond acceptors (Lipinski definition) is 2. The van der Waals surface area contributed by atoms with Gasteiger partial charge in [0.25, 0.3) is 0 Å². The molecule has 2 fully saturated rings. The number of amides is 1. The first-order valence-corrected chi connectivity index (χ1v) is 3.05. The first-order valence-electron chi connectivity index (χ1n) is 3.05. The molecule has 1 radical (unpaired) electrons. The lowest BCUT2D eigenvalue weighted by Gasteiger charge is -2.04. The maximum atomic E-state index is 10.6. The van der Waals surface area contributed by atoms with Gasteiger partial charge in [-0.1, -0.05) is 0 Å². The van der Waals surface area contributed by atoms with Gasteiger partial charge in [0.15, 0.2) is 5.60 Å². The van der Waals surface area contributed by atoms with E-state index in [2.05, 4.69) is 0 Å². The molecule has 1 saturated heterocycles. The quantitative estimate of drug-likeness (QED) is 0.513. The smallest absolute Gasteiger partial charge is 0.250 e. The van der Waals surface area contributed by atoms with Crippen LogP contribution in [0, 0.1) is 12.3 Å². The highest BCUT2D eigenvalue weighted by atomic mass is 16.5. The van der Waals surface area contributed by atoms with Crippen LogP contribution in [0.25, 0.3) is 0 Å². The summed E-state index contributed by atoms with van der Waals surface area (Å²) in [6.07, 6.45) is 2.84. The summed E-state index contributed by atoms with van der Waals surface area (Å²) in [7, 11) is 0. The van der Waals surface area contributed by atoms with E-state index in [1.54, 1.807) is 0 Å². The minimum atomic E-state index is -0.625. The van der Waals surface area contributed by atoms with Crippen molar-refractivity contribution in [1.29, 1.82) is 0 Å². The predicted octanol–water partition coefficient (Wildman–Crippen LogP) is -0.535. The zero-order valence-electron chi connectivity index (χ0n) is 4.96. The van der Waals surface area contributed by atoms with Crippen molar-refractivity contribution < 1.29 is 9.53 Å². The van der Waals surface area contributed by atoms with Crippen molar-refractivity contribution in [2.75, 3.05) is 6.61 Å². The lowest BCUT2D eigenvalue weighted by molar-refractivity contribution is -0.129. The number of ether oxygens (including phenoxy) is 1. The molecule has 1 aliphatic carbocycles. The van der Waals surface area contributed by atoms with Gasteiger partial charge in [0.2, 0.25) is 5.91 Å². The van der Waals surface area contributed by atoms with Gasteiger partial charge in [-0.2, -0.15) is 0 Å². The van der Waals surface area contributed by atoms with E-state index in [0.717, 1.165) is 6.42 Å². The summed E-state index contributed by atoms with van der Waals surface area (Å²) in [5.41, 5.74) is 4.45. The Balaban J connectivity index is 2.19. The molecule has 1 saturated carbocycles. The number of primary amides is 1. The van der Waals surface area contributed by atoms with Crippen molar-refractivity contribution in [2.45, 2.75) is 12.0 Å². The molecule has 3 heteroatoms. The van der Waals surface area contributed by atoms with Gasteiger partial charge >= 0.3 is 0 Å². The molecule has 0 aromatic heterocycles. The van der Waals surface area contributed by atoms with Gasteiger partial charge in [-0.05, 0) is 6.42 Å². The fourth-order valence-corrected chi connectivity index (χ4v) is 1.39. The van der Waals surface area contributed by atoms with Crippen molar-refractivity contribution in [3.8, 4) is 0 Å². The summed E-state index contributed by atoms with van der Waals surface area (Å²) >= 11 is 0. The van der Waals surface area contributed by atoms with E-state index in [-0.39, 0.29) is 5.91 Å². The van der Waals surface area contributed by atoms with E-state index in [1.165, 1.54) is 0 Å². The summed E-state index contributed by atoms with van der Waals surface area (Å²) in [6.45, 7) is 0.685. The monoisotopic (exact) mass is 126 g/mol. The zero-order valence-corrected chi connectivity index (χ0v) is 4.96. The van der Waals surface area contributed by atoms with E-state index < -0.39 is 5.60 Å². The standard InChI is InChI=1S/C6H8NO2/c7-5(8)6-3-4(6)1-2-9-6/h3-4H,1-2H2,(H2,7,8). The normalized spacial score (nSPS) is 46.4. The lowest BCUT2D eigenvalue weighted by atomic mass is 10.2. The maximum absolute atomic E-state index is 10.6. The van der Waals surface area contributed by atoms with Crippen LogP contribution in [0.5, 0.6) is 0 Å². The summed E-state index contributed by atoms with van der Waals surface area (Å²) in [6, 6.07) is 0. The predicted molar refractivity (Wildman–Crippen MR) is 30.3 cm³/mol. The van der Waals surface area contributed by atoms with Crippen LogP contribution in [0.4, 0.5) is 0 Å². The van der Waals surface area contributed by atoms with Crippen LogP contribution in [0.2, 0.25) is 0 Å². The van der Waals surface area contributed by atoms with E-state index in [9.17, 15) is 4.79 Å². The molecule has 1 aliphatic heterocycles. The number of hydrogen-bond donors (Lipinski definition) is 1. The third-order valence-corrected chi connectivity index (χ3v) is 2.05. The molecule has 0 spiro atoms. The third kappa shape index (κ3) is 0.477. The number of carbonyl (C=O) groups is 1. The molecule has 2 rings (SSSR count). The summed E-state index contributed by atoms with van der Waals surface area (Å²) in [5.74, 6) is 0.